The van der Waals surface area contributed by atoms with E-state index in [1.165, 1.54) is 32.7 Å². The summed E-state index contributed by atoms with van der Waals surface area (Å²) in [5, 5.41) is 8.63. The number of anilines is 2. The molecule has 0 saturated heterocycles. The van der Waals surface area contributed by atoms with Crippen molar-refractivity contribution in [1.82, 2.24) is 0 Å². The average Bonchev–Trinajstić information content (AvgIpc) is 2.75. The van der Waals surface area contributed by atoms with Crippen molar-refractivity contribution >= 4 is 32.9 Å². The van der Waals surface area contributed by atoms with E-state index in [4.69, 9.17) is 0 Å². The summed E-state index contributed by atoms with van der Waals surface area (Å²) in [4.78, 5) is 0. The van der Waals surface area contributed by atoms with Gasteiger partial charge in [0, 0.05) is 16.5 Å². The van der Waals surface area contributed by atoms with E-state index in [9.17, 15) is 0 Å². The van der Waals surface area contributed by atoms with Crippen LogP contribution in [0.1, 0.15) is 0 Å². The number of hydrogen-bond donors (Lipinski definition) is 1. The standard InChI is InChI=1S/C26H19N/c1-3-9-19(10-4-1)20-15-16-22-17-21-11-7-8-14-24(21)26(25(22)18-20)27-23-12-5-2-6-13-23/h1-18,27H. The molecule has 128 valence electrons. The number of rotatable bonds is 3. The van der Waals surface area contributed by atoms with Crippen molar-refractivity contribution in [1.29, 1.82) is 0 Å². The molecule has 0 saturated carbocycles. The molecule has 0 aliphatic carbocycles. The number of hydrogen-bond acceptors (Lipinski definition) is 1. The molecule has 0 spiro atoms. The molecule has 0 heterocycles. The van der Waals surface area contributed by atoms with Gasteiger partial charge in [0.15, 0.2) is 0 Å². The Morgan fingerprint density at radius 3 is 1.93 bits per heavy atom. The number of benzene rings is 5. The first-order valence-electron chi connectivity index (χ1n) is 9.21. The lowest BCUT2D eigenvalue weighted by Gasteiger charge is -2.15. The van der Waals surface area contributed by atoms with Gasteiger partial charge in [-0.2, -0.15) is 0 Å². The molecule has 27 heavy (non-hydrogen) atoms. The second-order valence-electron chi connectivity index (χ2n) is 6.77. The summed E-state index contributed by atoms with van der Waals surface area (Å²) in [6.07, 6.45) is 0. The Bertz CT molecular complexity index is 1220. The maximum atomic E-state index is 3.67. The molecular formula is C26H19N. The van der Waals surface area contributed by atoms with Crippen LogP contribution in [0.3, 0.4) is 0 Å². The highest BCUT2D eigenvalue weighted by Crippen LogP contribution is 2.37. The zero-order valence-electron chi connectivity index (χ0n) is 14.9. The lowest BCUT2D eigenvalue weighted by Crippen LogP contribution is -1.93. The molecule has 5 aromatic carbocycles. The fourth-order valence-electron chi connectivity index (χ4n) is 3.67. The van der Waals surface area contributed by atoms with Gasteiger partial charge in [0.1, 0.15) is 0 Å². The van der Waals surface area contributed by atoms with Crippen LogP contribution in [0.25, 0.3) is 32.7 Å². The highest BCUT2D eigenvalue weighted by Gasteiger charge is 2.09. The van der Waals surface area contributed by atoms with E-state index in [1.54, 1.807) is 0 Å². The van der Waals surface area contributed by atoms with Crippen molar-refractivity contribution in [2.45, 2.75) is 0 Å². The van der Waals surface area contributed by atoms with Gasteiger partial charge in [0.2, 0.25) is 0 Å². The minimum Gasteiger partial charge on any atom is -0.355 e. The molecular weight excluding hydrogens is 326 g/mol. The molecule has 1 heteroatoms. The molecule has 0 aromatic heterocycles. The molecule has 0 atom stereocenters. The van der Waals surface area contributed by atoms with E-state index >= 15 is 0 Å². The molecule has 5 rings (SSSR count). The van der Waals surface area contributed by atoms with E-state index in [0.717, 1.165) is 11.4 Å². The highest BCUT2D eigenvalue weighted by molar-refractivity contribution is 6.12. The largest absolute Gasteiger partial charge is 0.355 e. The Hall–Kier alpha value is -3.58. The van der Waals surface area contributed by atoms with Crippen LogP contribution in [0.15, 0.2) is 109 Å². The monoisotopic (exact) mass is 345 g/mol. The lowest BCUT2D eigenvalue weighted by atomic mass is 9.96. The molecule has 1 nitrogen and oxygen atoms in total. The fourth-order valence-corrected chi connectivity index (χ4v) is 3.67. The predicted molar refractivity (Wildman–Crippen MR) is 117 cm³/mol. The van der Waals surface area contributed by atoms with Gasteiger partial charge in [0.25, 0.3) is 0 Å². The third-order valence-electron chi connectivity index (χ3n) is 5.01. The zero-order chi connectivity index (χ0) is 18.1. The summed E-state index contributed by atoms with van der Waals surface area (Å²) in [6.45, 7) is 0. The Labute approximate surface area is 158 Å². The van der Waals surface area contributed by atoms with Gasteiger partial charge in [-0.25, -0.2) is 0 Å². The van der Waals surface area contributed by atoms with Crippen LogP contribution in [0.2, 0.25) is 0 Å². The van der Waals surface area contributed by atoms with Crippen molar-refractivity contribution in [3.05, 3.63) is 109 Å². The van der Waals surface area contributed by atoms with E-state index < -0.39 is 0 Å². The SMILES string of the molecule is c1ccc(Nc2c3ccccc3cc3ccc(-c4ccccc4)cc23)cc1. The number of fused-ring (bicyclic) bond motifs is 2. The third kappa shape index (κ3) is 2.94. The summed E-state index contributed by atoms with van der Waals surface area (Å²) in [5.74, 6) is 0. The first-order chi connectivity index (χ1) is 13.4. The van der Waals surface area contributed by atoms with Crippen molar-refractivity contribution in [3.8, 4) is 11.1 Å². The van der Waals surface area contributed by atoms with Crippen LogP contribution >= 0.6 is 0 Å². The van der Waals surface area contributed by atoms with Gasteiger partial charge in [-0.15, -0.1) is 0 Å². The van der Waals surface area contributed by atoms with Gasteiger partial charge in [-0.05, 0) is 46.2 Å². The minimum absolute atomic E-state index is 1.10. The summed E-state index contributed by atoms with van der Waals surface area (Å²) < 4.78 is 0. The summed E-state index contributed by atoms with van der Waals surface area (Å²) >= 11 is 0. The summed E-state index contributed by atoms with van der Waals surface area (Å²) in [6, 6.07) is 38.5. The minimum atomic E-state index is 1.10. The second-order valence-corrected chi connectivity index (χ2v) is 6.77. The first-order valence-corrected chi connectivity index (χ1v) is 9.21. The van der Waals surface area contributed by atoms with Crippen molar-refractivity contribution < 1.29 is 0 Å². The van der Waals surface area contributed by atoms with E-state index in [0.29, 0.717) is 0 Å². The zero-order valence-corrected chi connectivity index (χ0v) is 14.9. The second kappa shape index (κ2) is 6.62. The Morgan fingerprint density at radius 2 is 1.11 bits per heavy atom. The van der Waals surface area contributed by atoms with Gasteiger partial charge in [-0.3, -0.25) is 0 Å². The van der Waals surface area contributed by atoms with E-state index in [1.807, 2.05) is 6.07 Å². The molecule has 5 aromatic rings. The molecule has 0 fully saturated rings. The lowest BCUT2D eigenvalue weighted by molar-refractivity contribution is 1.59. The summed E-state index contributed by atoms with van der Waals surface area (Å²) in [7, 11) is 0. The number of nitrogens with one attached hydrogen (secondary N) is 1. The number of para-hydroxylation sites is 1. The maximum absolute atomic E-state index is 3.67. The van der Waals surface area contributed by atoms with Gasteiger partial charge in [0.05, 0.1) is 5.69 Å². The molecule has 1 N–H and O–H groups in total. The Balaban J connectivity index is 1.78. The fraction of sp³-hybridized carbons (Fsp3) is 0. The molecule has 0 aliphatic rings. The predicted octanol–water partition coefficient (Wildman–Crippen LogP) is 7.40. The van der Waals surface area contributed by atoms with Crippen molar-refractivity contribution in [3.63, 3.8) is 0 Å². The molecule has 0 aliphatic heterocycles. The van der Waals surface area contributed by atoms with Gasteiger partial charge >= 0.3 is 0 Å². The van der Waals surface area contributed by atoms with E-state index in [2.05, 4.69) is 108 Å². The van der Waals surface area contributed by atoms with Gasteiger partial charge in [-0.1, -0.05) is 84.9 Å². The Kier molecular flexibility index (Phi) is 3.84. The first kappa shape index (κ1) is 15.7. The molecule has 0 unspecified atom stereocenters. The maximum Gasteiger partial charge on any atom is 0.0543 e. The molecule has 0 bridgehead atoms. The topological polar surface area (TPSA) is 12.0 Å². The smallest absolute Gasteiger partial charge is 0.0543 e. The molecule has 0 amide bonds. The van der Waals surface area contributed by atoms with Crippen LogP contribution in [-0.2, 0) is 0 Å². The van der Waals surface area contributed by atoms with Crippen molar-refractivity contribution in [2.75, 3.05) is 5.32 Å². The van der Waals surface area contributed by atoms with Crippen LogP contribution < -0.4 is 5.32 Å². The van der Waals surface area contributed by atoms with E-state index in [-0.39, 0.29) is 0 Å². The molecule has 0 radical (unpaired) electrons. The van der Waals surface area contributed by atoms with Crippen molar-refractivity contribution in [2.24, 2.45) is 0 Å². The van der Waals surface area contributed by atoms with Crippen LogP contribution in [0.5, 0.6) is 0 Å². The summed E-state index contributed by atoms with van der Waals surface area (Å²) in [5.41, 5.74) is 4.72. The van der Waals surface area contributed by atoms with Gasteiger partial charge < -0.3 is 5.32 Å². The highest BCUT2D eigenvalue weighted by atomic mass is 14.9. The average molecular weight is 345 g/mol. The normalized spacial score (nSPS) is 11.0. The van der Waals surface area contributed by atoms with Crippen LogP contribution in [0, 0.1) is 0 Å². The van der Waals surface area contributed by atoms with Crippen LogP contribution in [-0.4, -0.2) is 0 Å². The quantitative estimate of drug-likeness (QED) is 0.336. The van der Waals surface area contributed by atoms with Crippen LogP contribution in [0.4, 0.5) is 11.4 Å². The third-order valence-corrected chi connectivity index (χ3v) is 5.01. The Morgan fingerprint density at radius 1 is 0.444 bits per heavy atom.